The minimum atomic E-state index is -0.987. The first-order valence-electron chi connectivity index (χ1n) is 6.95. The van der Waals surface area contributed by atoms with Crippen LogP contribution < -0.4 is 10.3 Å². The summed E-state index contributed by atoms with van der Waals surface area (Å²) in [6.45, 7) is 1.61. The van der Waals surface area contributed by atoms with Crippen molar-refractivity contribution in [1.29, 1.82) is 0 Å². The van der Waals surface area contributed by atoms with Crippen molar-refractivity contribution in [3.63, 3.8) is 0 Å². The third kappa shape index (κ3) is 3.91. The Kier molecular flexibility index (Phi) is 4.88. The van der Waals surface area contributed by atoms with Crippen LogP contribution in [0.5, 0.6) is 0 Å². The van der Waals surface area contributed by atoms with Crippen molar-refractivity contribution in [1.82, 2.24) is 5.32 Å². The Hall–Kier alpha value is -2.70. The van der Waals surface area contributed by atoms with Gasteiger partial charge in [0.05, 0.1) is 12.1 Å². The number of amides is 2. The molecule has 1 heterocycles. The van der Waals surface area contributed by atoms with Crippen LogP contribution in [0.4, 0.5) is 5.69 Å². The van der Waals surface area contributed by atoms with E-state index in [1.807, 2.05) is 6.07 Å². The smallest absolute Gasteiger partial charge is 0.305 e. The van der Waals surface area contributed by atoms with Gasteiger partial charge >= 0.3 is 5.97 Å². The number of carbonyl (C=O) groups is 3. The molecule has 22 heavy (non-hydrogen) atoms. The van der Waals surface area contributed by atoms with Crippen molar-refractivity contribution in [3.05, 3.63) is 30.3 Å². The third-order valence-corrected chi connectivity index (χ3v) is 3.15. The van der Waals surface area contributed by atoms with E-state index in [0.29, 0.717) is 5.69 Å². The fourth-order valence-corrected chi connectivity index (χ4v) is 2.11. The number of hydrogen-bond donors (Lipinski definition) is 2. The number of hydrazone groups is 1. The summed E-state index contributed by atoms with van der Waals surface area (Å²) < 4.78 is 0. The van der Waals surface area contributed by atoms with Gasteiger partial charge in [-0.3, -0.25) is 14.4 Å². The second-order valence-corrected chi connectivity index (χ2v) is 5.06. The summed E-state index contributed by atoms with van der Waals surface area (Å²) in [5, 5.41) is 16.6. The normalized spacial score (nSPS) is 16.0. The van der Waals surface area contributed by atoms with E-state index >= 15 is 0 Å². The number of benzene rings is 1. The lowest BCUT2D eigenvalue weighted by atomic mass is 10.1. The maximum atomic E-state index is 12.1. The van der Waals surface area contributed by atoms with Crippen molar-refractivity contribution in [2.75, 3.05) is 5.01 Å². The van der Waals surface area contributed by atoms with E-state index in [1.54, 1.807) is 31.2 Å². The molecule has 7 heteroatoms. The highest BCUT2D eigenvalue weighted by atomic mass is 16.4. The summed E-state index contributed by atoms with van der Waals surface area (Å²) >= 11 is 0. The van der Waals surface area contributed by atoms with E-state index in [9.17, 15) is 14.4 Å². The zero-order valence-corrected chi connectivity index (χ0v) is 12.2. The molecule has 1 atom stereocenters. The van der Waals surface area contributed by atoms with Crippen molar-refractivity contribution in [3.8, 4) is 0 Å². The van der Waals surface area contributed by atoms with Crippen molar-refractivity contribution >= 4 is 29.2 Å². The lowest BCUT2D eigenvalue weighted by molar-refractivity contribution is -0.137. The van der Waals surface area contributed by atoms with E-state index in [1.165, 1.54) is 5.01 Å². The second-order valence-electron chi connectivity index (χ2n) is 5.06. The molecule has 0 aromatic heterocycles. The van der Waals surface area contributed by atoms with Gasteiger partial charge in [-0.2, -0.15) is 5.10 Å². The molecular formula is C15H17N3O4. The Morgan fingerprint density at radius 1 is 1.32 bits per heavy atom. The Morgan fingerprint density at radius 2 is 2.00 bits per heavy atom. The fourth-order valence-electron chi connectivity index (χ4n) is 2.11. The average Bonchev–Trinajstić information content (AvgIpc) is 2.47. The van der Waals surface area contributed by atoms with E-state index < -0.39 is 17.9 Å². The Balaban J connectivity index is 2.12. The zero-order chi connectivity index (χ0) is 16.1. The number of nitrogens with one attached hydrogen (secondary N) is 1. The molecular weight excluding hydrogens is 286 g/mol. The van der Waals surface area contributed by atoms with Gasteiger partial charge in [-0.1, -0.05) is 18.2 Å². The van der Waals surface area contributed by atoms with Gasteiger partial charge in [0.2, 0.25) is 5.91 Å². The molecule has 0 aliphatic carbocycles. The van der Waals surface area contributed by atoms with Crippen LogP contribution in [0.1, 0.15) is 26.2 Å². The number of rotatable bonds is 5. The molecule has 1 aliphatic rings. The molecule has 1 aromatic rings. The molecule has 2 N–H and O–H groups in total. The van der Waals surface area contributed by atoms with Gasteiger partial charge in [0.25, 0.3) is 5.91 Å². The molecule has 0 bridgehead atoms. The summed E-state index contributed by atoms with van der Waals surface area (Å²) in [4.78, 5) is 34.7. The highest BCUT2D eigenvalue weighted by Gasteiger charge is 2.26. The Bertz CT molecular complexity index is 612. The standard InChI is InChI=1S/C15H17N3O4/c1-10(9-14(20)21)16-15(22)12-7-8-13(19)18(17-12)11-5-3-2-4-6-11/h2-6,10H,7-9H2,1H3,(H,16,22)(H,20,21). The van der Waals surface area contributed by atoms with Crippen molar-refractivity contribution in [2.24, 2.45) is 5.10 Å². The quantitative estimate of drug-likeness (QED) is 0.852. The van der Waals surface area contributed by atoms with Crippen LogP contribution in [-0.4, -0.2) is 34.6 Å². The van der Waals surface area contributed by atoms with E-state index in [4.69, 9.17) is 5.11 Å². The van der Waals surface area contributed by atoms with Gasteiger partial charge < -0.3 is 10.4 Å². The van der Waals surface area contributed by atoms with Crippen LogP contribution in [0.15, 0.2) is 35.4 Å². The lowest BCUT2D eigenvalue weighted by Crippen LogP contribution is -2.42. The monoisotopic (exact) mass is 303 g/mol. The molecule has 116 valence electrons. The number of carboxylic acids is 1. The number of nitrogens with zero attached hydrogens (tertiary/aromatic N) is 2. The van der Waals surface area contributed by atoms with Crippen LogP contribution in [0.25, 0.3) is 0 Å². The third-order valence-electron chi connectivity index (χ3n) is 3.15. The van der Waals surface area contributed by atoms with Crippen LogP contribution in [0.3, 0.4) is 0 Å². The van der Waals surface area contributed by atoms with Crippen LogP contribution in [0, 0.1) is 0 Å². The molecule has 1 aliphatic heterocycles. The number of carbonyl (C=O) groups excluding carboxylic acids is 2. The van der Waals surface area contributed by atoms with Gasteiger partial charge in [-0.05, 0) is 19.1 Å². The van der Waals surface area contributed by atoms with Crippen LogP contribution in [-0.2, 0) is 14.4 Å². The number of hydrogen-bond acceptors (Lipinski definition) is 4. The molecule has 0 saturated carbocycles. The van der Waals surface area contributed by atoms with Gasteiger partial charge in [0, 0.05) is 18.9 Å². The first kappa shape index (κ1) is 15.7. The van der Waals surface area contributed by atoms with E-state index in [2.05, 4.69) is 10.4 Å². The fraction of sp³-hybridized carbons (Fsp3) is 0.333. The average molecular weight is 303 g/mol. The van der Waals surface area contributed by atoms with Crippen molar-refractivity contribution < 1.29 is 19.5 Å². The van der Waals surface area contributed by atoms with Gasteiger partial charge in [-0.25, -0.2) is 5.01 Å². The minimum Gasteiger partial charge on any atom is -0.481 e. The number of carboxylic acid groups (broad SMARTS) is 1. The highest BCUT2D eigenvalue weighted by Crippen LogP contribution is 2.19. The minimum absolute atomic E-state index is 0.166. The molecule has 2 amide bonds. The summed E-state index contributed by atoms with van der Waals surface area (Å²) in [5.74, 6) is -1.61. The Labute approximate surface area is 127 Å². The zero-order valence-electron chi connectivity index (χ0n) is 12.2. The number of aliphatic carboxylic acids is 1. The summed E-state index contributed by atoms with van der Waals surface area (Å²) in [6.07, 6.45) is 0.266. The number of para-hydroxylation sites is 1. The van der Waals surface area contributed by atoms with E-state index in [0.717, 1.165) is 0 Å². The second kappa shape index (κ2) is 6.84. The predicted octanol–water partition coefficient (Wildman–Crippen LogP) is 1.15. The van der Waals surface area contributed by atoms with Gasteiger partial charge in [-0.15, -0.1) is 0 Å². The van der Waals surface area contributed by atoms with Crippen molar-refractivity contribution in [2.45, 2.75) is 32.2 Å². The Morgan fingerprint density at radius 3 is 2.64 bits per heavy atom. The van der Waals surface area contributed by atoms with Crippen LogP contribution >= 0.6 is 0 Å². The van der Waals surface area contributed by atoms with Gasteiger partial charge in [0.15, 0.2) is 0 Å². The molecule has 0 saturated heterocycles. The molecule has 1 aromatic carbocycles. The summed E-state index contributed by atoms with van der Waals surface area (Å²) in [7, 11) is 0. The maximum absolute atomic E-state index is 12.1. The molecule has 1 unspecified atom stereocenters. The van der Waals surface area contributed by atoms with E-state index in [-0.39, 0.29) is 30.9 Å². The largest absolute Gasteiger partial charge is 0.481 e. The highest BCUT2D eigenvalue weighted by molar-refractivity contribution is 6.40. The first-order chi connectivity index (χ1) is 10.5. The summed E-state index contributed by atoms with van der Waals surface area (Å²) in [6, 6.07) is 8.34. The molecule has 2 rings (SSSR count). The van der Waals surface area contributed by atoms with Crippen LogP contribution in [0.2, 0.25) is 0 Å². The molecule has 0 radical (unpaired) electrons. The molecule has 0 spiro atoms. The first-order valence-corrected chi connectivity index (χ1v) is 6.95. The topological polar surface area (TPSA) is 99.1 Å². The van der Waals surface area contributed by atoms with Gasteiger partial charge in [0.1, 0.15) is 5.71 Å². The lowest BCUT2D eigenvalue weighted by Gasteiger charge is -2.23. The predicted molar refractivity (Wildman–Crippen MR) is 80.5 cm³/mol. The number of anilines is 1. The SMILES string of the molecule is CC(CC(=O)O)NC(=O)C1=NN(c2ccccc2)C(=O)CC1. The maximum Gasteiger partial charge on any atom is 0.305 e. The summed E-state index contributed by atoms with van der Waals surface area (Å²) in [5.41, 5.74) is 0.816. The molecule has 0 fully saturated rings. The molecule has 7 nitrogen and oxygen atoms in total.